The second-order valence-corrected chi connectivity index (χ2v) is 4.69. The standard InChI is InChI=1S/C9H15N3S/c1-6(2)8-11-9(13-12-8)10-5-7-3-4-7/h6-7H,3-5H2,1-2H3,(H,10,11,12). The fraction of sp³-hybridized carbons (Fsp3) is 0.778. The Morgan fingerprint density at radius 1 is 1.54 bits per heavy atom. The lowest BCUT2D eigenvalue weighted by Gasteiger charge is -1.98. The first-order valence-electron chi connectivity index (χ1n) is 4.83. The van der Waals surface area contributed by atoms with Crippen molar-refractivity contribution in [1.82, 2.24) is 9.36 Å². The van der Waals surface area contributed by atoms with Gasteiger partial charge in [-0.1, -0.05) is 13.8 Å². The predicted octanol–water partition coefficient (Wildman–Crippen LogP) is 2.48. The van der Waals surface area contributed by atoms with Crippen molar-refractivity contribution in [2.24, 2.45) is 5.92 Å². The second-order valence-electron chi connectivity index (χ2n) is 3.94. The molecule has 0 spiro atoms. The van der Waals surface area contributed by atoms with Crippen LogP contribution in [0, 0.1) is 5.92 Å². The van der Waals surface area contributed by atoms with Crippen LogP contribution in [-0.2, 0) is 0 Å². The highest BCUT2D eigenvalue weighted by Crippen LogP contribution is 2.29. The molecule has 4 heteroatoms. The third-order valence-corrected chi connectivity index (χ3v) is 2.88. The van der Waals surface area contributed by atoms with Gasteiger partial charge in [-0.3, -0.25) is 0 Å². The summed E-state index contributed by atoms with van der Waals surface area (Å²) in [4.78, 5) is 4.41. The van der Waals surface area contributed by atoms with Crippen LogP contribution >= 0.6 is 11.5 Å². The molecule has 0 radical (unpaired) electrons. The zero-order valence-corrected chi connectivity index (χ0v) is 8.90. The summed E-state index contributed by atoms with van der Waals surface area (Å²) in [6.07, 6.45) is 2.76. The number of aromatic nitrogens is 2. The minimum Gasteiger partial charge on any atom is -0.360 e. The van der Waals surface area contributed by atoms with Gasteiger partial charge in [-0.15, -0.1) is 0 Å². The maximum absolute atomic E-state index is 4.41. The Hall–Kier alpha value is -0.640. The maximum Gasteiger partial charge on any atom is 0.202 e. The molecule has 3 nitrogen and oxygen atoms in total. The first-order chi connectivity index (χ1) is 6.25. The maximum atomic E-state index is 4.41. The molecular weight excluding hydrogens is 182 g/mol. The van der Waals surface area contributed by atoms with Crippen molar-refractivity contribution in [2.45, 2.75) is 32.6 Å². The van der Waals surface area contributed by atoms with Crippen LogP contribution in [0.4, 0.5) is 5.13 Å². The number of hydrogen-bond acceptors (Lipinski definition) is 4. The van der Waals surface area contributed by atoms with Gasteiger partial charge in [-0.2, -0.15) is 4.37 Å². The van der Waals surface area contributed by atoms with E-state index in [1.165, 1.54) is 24.4 Å². The molecule has 2 rings (SSSR count). The van der Waals surface area contributed by atoms with E-state index in [9.17, 15) is 0 Å². The van der Waals surface area contributed by atoms with Crippen molar-refractivity contribution in [3.8, 4) is 0 Å². The number of hydrogen-bond donors (Lipinski definition) is 1. The Balaban J connectivity index is 1.88. The molecule has 0 amide bonds. The SMILES string of the molecule is CC(C)c1nsc(NCC2CC2)n1. The van der Waals surface area contributed by atoms with Crippen LogP contribution in [0.15, 0.2) is 0 Å². The lowest BCUT2D eigenvalue weighted by Crippen LogP contribution is -2.02. The van der Waals surface area contributed by atoms with Crippen molar-refractivity contribution >= 4 is 16.7 Å². The molecule has 0 aliphatic heterocycles. The third-order valence-electron chi connectivity index (χ3n) is 2.20. The fourth-order valence-corrected chi connectivity index (χ4v) is 1.81. The highest BCUT2D eigenvalue weighted by molar-refractivity contribution is 7.09. The first-order valence-corrected chi connectivity index (χ1v) is 5.60. The molecule has 0 aromatic carbocycles. The summed E-state index contributed by atoms with van der Waals surface area (Å²) >= 11 is 1.48. The van der Waals surface area contributed by atoms with E-state index in [-0.39, 0.29) is 0 Å². The number of anilines is 1. The van der Waals surface area contributed by atoms with Crippen molar-refractivity contribution in [2.75, 3.05) is 11.9 Å². The zero-order valence-electron chi connectivity index (χ0n) is 8.08. The molecule has 72 valence electrons. The largest absolute Gasteiger partial charge is 0.360 e. The van der Waals surface area contributed by atoms with E-state index < -0.39 is 0 Å². The molecule has 1 aliphatic carbocycles. The summed E-state index contributed by atoms with van der Waals surface area (Å²) in [7, 11) is 0. The van der Waals surface area contributed by atoms with E-state index in [2.05, 4.69) is 28.5 Å². The summed E-state index contributed by atoms with van der Waals surface area (Å²) in [5, 5.41) is 4.31. The Labute approximate surface area is 82.8 Å². The summed E-state index contributed by atoms with van der Waals surface area (Å²) in [5.74, 6) is 2.29. The lowest BCUT2D eigenvalue weighted by atomic mass is 10.2. The van der Waals surface area contributed by atoms with Crippen LogP contribution in [0.1, 0.15) is 38.4 Å². The highest BCUT2D eigenvalue weighted by atomic mass is 32.1. The van der Waals surface area contributed by atoms with Crippen molar-refractivity contribution < 1.29 is 0 Å². The van der Waals surface area contributed by atoms with Gasteiger partial charge in [0.15, 0.2) is 0 Å². The normalized spacial score (nSPS) is 16.5. The second kappa shape index (κ2) is 3.62. The zero-order chi connectivity index (χ0) is 9.26. The van der Waals surface area contributed by atoms with Gasteiger partial charge in [-0.05, 0) is 18.8 Å². The molecule has 1 N–H and O–H groups in total. The van der Waals surface area contributed by atoms with Crippen LogP contribution in [-0.4, -0.2) is 15.9 Å². The van der Waals surface area contributed by atoms with Gasteiger partial charge in [0.05, 0.1) is 0 Å². The topological polar surface area (TPSA) is 37.8 Å². The van der Waals surface area contributed by atoms with Crippen LogP contribution in [0.3, 0.4) is 0 Å². The predicted molar refractivity (Wildman–Crippen MR) is 55.2 cm³/mol. The molecule has 1 aliphatic rings. The van der Waals surface area contributed by atoms with Gasteiger partial charge in [0.1, 0.15) is 5.82 Å². The molecule has 0 unspecified atom stereocenters. The molecule has 1 fully saturated rings. The average molecular weight is 197 g/mol. The smallest absolute Gasteiger partial charge is 0.202 e. The molecular formula is C9H15N3S. The van der Waals surface area contributed by atoms with Gasteiger partial charge < -0.3 is 5.32 Å². The highest BCUT2D eigenvalue weighted by Gasteiger charge is 2.21. The van der Waals surface area contributed by atoms with Gasteiger partial charge in [0.2, 0.25) is 5.13 Å². The average Bonchev–Trinajstić information content (AvgIpc) is 2.79. The number of nitrogens with one attached hydrogen (secondary N) is 1. The minimum absolute atomic E-state index is 0.438. The van der Waals surface area contributed by atoms with Crippen LogP contribution < -0.4 is 5.32 Å². The summed E-state index contributed by atoms with van der Waals surface area (Å²) in [6, 6.07) is 0. The monoisotopic (exact) mass is 197 g/mol. The number of rotatable bonds is 4. The number of nitrogens with zero attached hydrogens (tertiary/aromatic N) is 2. The van der Waals surface area contributed by atoms with E-state index >= 15 is 0 Å². The summed E-state index contributed by atoms with van der Waals surface area (Å²) < 4.78 is 4.28. The Morgan fingerprint density at radius 2 is 2.31 bits per heavy atom. The van der Waals surface area contributed by atoms with Gasteiger partial charge in [0, 0.05) is 24.0 Å². The first kappa shape index (κ1) is 8.94. The molecule has 13 heavy (non-hydrogen) atoms. The minimum atomic E-state index is 0.438. The molecule has 0 bridgehead atoms. The lowest BCUT2D eigenvalue weighted by molar-refractivity contribution is 0.797. The van der Waals surface area contributed by atoms with E-state index in [1.807, 2.05) is 0 Å². The van der Waals surface area contributed by atoms with Gasteiger partial charge in [-0.25, -0.2) is 4.98 Å². The van der Waals surface area contributed by atoms with E-state index in [0.717, 1.165) is 23.4 Å². The third kappa shape index (κ3) is 2.40. The summed E-state index contributed by atoms with van der Waals surface area (Å²) in [6.45, 7) is 5.31. The van der Waals surface area contributed by atoms with Gasteiger partial charge >= 0.3 is 0 Å². The van der Waals surface area contributed by atoms with Crippen molar-refractivity contribution in [1.29, 1.82) is 0 Å². The molecule has 1 aromatic rings. The van der Waals surface area contributed by atoms with Crippen molar-refractivity contribution in [3.63, 3.8) is 0 Å². The van der Waals surface area contributed by atoms with Gasteiger partial charge in [0.25, 0.3) is 0 Å². The molecule has 0 saturated heterocycles. The van der Waals surface area contributed by atoms with E-state index in [1.54, 1.807) is 0 Å². The van der Waals surface area contributed by atoms with E-state index in [0.29, 0.717) is 5.92 Å². The van der Waals surface area contributed by atoms with Crippen LogP contribution in [0.5, 0.6) is 0 Å². The molecule has 1 aromatic heterocycles. The Bertz CT molecular complexity index is 278. The quantitative estimate of drug-likeness (QED) is 0.805. The molecule has 1 saturated carbocycles. The summed E-state index contributed by atoms with van der Waals surface area (Å²) in [5.41, 5.74) is 0. The molecule has 1 heterocycles. The fourth-order valence-electron chi connectivity index (χ4n) is 1.09. The van der Waals surface area contributed by atoms with Crippen LogP contribution in [0.2, 0.25) is 0 Å². The Morgan fingerprint density at radius 3 is 2.85 bits per heavy atom. The van der Waals surface area contributed by atoms with Crippen LogP contribution in [0.25, 0.3) is 0 Å². The van der Waals surface area contributed by atoms with Crippen molar-refractivity contribution in [3.05, 3.63) is 5.82 Å². The molecule has 0 atom stereocenters. The van der Waals surface area contributed by atoms with E-state index in [4.69, 9.17) is 0 Å². The Kier molecular flexibility index (Phi) is 2.49.